The summed E-state index contributed by atoms with van der Waals surface area (Å²) in [5, 5.41) is 7.58. The number of hydrogen-bond donors (Lipinski definition) is 0. The molecule has 1 saturated heterocycles. The highest BCUT2D eigenvalue weighted by atomic mass is 32.1. The predicted octanol–water partition coefficient (Wildman–Crippen LogP) is 3.94. The molecule has 0 amide bonds. The highest BCUT2D eigenvalue weighted by Gasteiger charge is 2.37. The van der Waals surface area contributed by atoms with E-state index >= 15 is 0 Å². The number of hydrogen-bond acceptors (Lipinski definition) is 4. The maximum atomic E-state index is 4.87. The fourth-order valence-corrected chi connectivity index (χ4v) is 5.24. The van der Waals surface area contributed by atoms with Crippen LogP contribution >= 0.6 is 11.3 Å². The summed E-state index contributed by atoms with van der Waals surface area (Å²) in [6.07, 6.45) is 10.9. The van der Waals surface area contributed by atoms with Gasteiger partial charge in [0.1, 0.15) is 5.01 Å². The SMILES string of the molecule is C[C@@H]1CCN(Cc2csc(-c3cnn(C)c3)n2)[C@H]2CCCC[C@H]12. The molecule has 0 unspecified atom stereocenters. The van der Waals surface area contributed by atoms with Crippen LogP contribution in [-0.2, 0) is 13.6 Å². The number of likely N-dealkylation sites (tertiary alicyclic amines) is 1. The van der Waals surface area contributed by atoms with Crippen LogP contribution in [0.1, 0.15) is 44.7 Å². The summed E-state index contributed by atoms with van der Waals surface area (Å²) in [5.74, 6) is 1.81. The van der Waals surface area contributed by atoms with Crippen molar-refractivity contribution in [1.82, 2.24) is 19.7 Å². The third-order valence-electron chi connectivity index (χ3n) is 5.72. The molecule has 1 aliphatic carbocycles. The molecule has 0 aromatic carbocycles. The maximum Gasteiger partial charge on any atom is 0.126 e. The average molecular weight is 331 g/mol. The highest BCUT2D eigenvalue weighted by Crippen LogP contribution is 2.39. The Morgan fingerprint density at radius 3 is 2.96 bits per heavy atom. The first-order valence-corrected chi connectivity index (χ1v) is 9.76. The summed E-state index contributed by atoms with van der Waals surface area (Å²) in [6.45, 7) is 4.72. The lowest BCUT2D eigenvalue weighted by Crippen LogP contribution is -2.49. The number of aryl methyl sites for hydroxylation is 1. The van der Waals surface area contributed by atoms with Crippen LogP contribution in [0.2, 0.25) is 0 Å². The van der Waals surface area contributed by atoms with Crippen LogP contribution in [0.15, 0.2) is 17.8 Å². The Balaban J connectivity index is 1.48. The molecule has 4 nitrogen and oxygen atoms in total. The van der Waals surface area contributed by atoms with E-state index in [0.29, 0.717) is 0 Å². The summed E-state index contributed by atoms with van der Waals surface area (Å²) in [7, 11) is 1.95. The molecule has 1 aliphatic heterocycles. The van der Waals surface area contributed by atoms with E-state index in [4.69, 9.17) is 4.98 Å². The van der Waals surface area contributed by atoms with Gasteiger partial charge in [-0.15, -0.1) is 11.3 Å². The monoisotopic (exact) mass is 330 g/mol. The van der Waals surface area contributed by atoms with Crippen molar-refractivity contribution in [3.63, 3.8) is 0 Å². The van der Waals surface area contributed by atoms with Crippen LogP contribution in [0.4, 0.5) is 0 Å². The Morgan fingerprint density at radius 1 is 1.26 bits per heavy atom. The molecule has 124 valence electrons. The second-order valence-electron chi connectivity index (χ2n) is 7.30. The quantitative estimate of drug-likeness (QED) is 0.854. The Labute approximate surface area is 142 Å². The summed E-state index contributed by atoms with van der Waals surface area (Å²) in [4.78, 5) is 7.58. The smallest absolute Gasteiger partial charge is 0.126 e. The Morgan fingerprint density at radius 2 is 2.13 bits per heavy atom. The van der Waals surface area contributed by atoms with Gasteiger partial charge in [0, 0.05) is 36.8 Å². The number of piperidine rings is 1. The van der Waals surface area contributed by atoms with E-state index < -0.39 is 0 Å². The molecule has 1 saturated carbocycles. The molecule has 2 aromatic heterocycles. The van der Waals surface area contributed by atoms with Crippen molar-refractivity contribution in [2.24, 2.45) is 18.9 Å². The van der Waals surface area contributed by atoms with E-state index in [1.54, 1.807) is 11.3 Å². The zero-order valence-corrected chi connectivity index (χ0v) is 14.9. The van der Waals surface area contributed by atoms with Crippen molar-refractivity contribution in [3.05, 3.63) is 23.5 Å². The van der Waals surface area contributed by atoms with Gasteiger partial charge in [-0.3, -0.25) is 9.58 Å². The van der Waals surface area contributed by atoms with E-state index in [1.807, 2.05) is 24.1 Å². The van der Waals surface area contributed by atoms with Gasteiger partial charge >= 0.3 is 0 Å². The fraction of sp³-hybridized carbons (Fsp3) is 0.667. The molecule has 4 rings (SSSR count). The van der Waals surface area contributed by atoms with Gasteiger partial charge in [-0.25, -0.2) is 4.98 Å². The Bertz CT molecular complexity index is 662. The first-order valence-electron chi connectivity index (χ1n) is 8.88. The molecule has 2 fully saturated rings. The predicted molar refractivity (Wildman–Crippen MR) is 94.3 cm³/mol. The molecular formula is C18H26N4S. The van der Waals surface area contributed by atoms with Gasteiger partial charge in [0.25, 0.3) is 0 Å². The molecule has 0 spiro atoms. The Kier molecular flexibility index (Phi) is 4.24. The van der Waals surface area contributed by atoms with E-state index in [9.17, 15) is 0 Å². The molecule has 23 heavy (non-hydrogen) atoms. The minimum absolute atomic E-state index is 0.788. The van der Waals surface area contributed by atoms with E-state index in [1.165, 1.54) is 44.3 Å². The van der Waals surface area contributed by atoms with Gasteiger partial charge in [-0.1, -0.05) is 19.8 Å². The van der Waals surface area contributed by atoms with Gasteiger partial charge in [-0.05, 0) is 37.6 Å². The van der Waals surface area contributed by atoms with Crippen LogP contribution in [0.5, 0.6) is 0 Å². The van der Waals surface area contributed by atoms with E-state index in [0.717, 1.165) is 35.0 Å². The second-order valence-corrected chi connectivity index (χ2v) is 8.16. The average Bonchev–Trinajstić information content (AvgIpc) is 3.19. The van der Waals surface area contributed by atoms with Crippen LogP contribution in [0, 0.1) is 11.8 Å². The highest BCUT2D eigenvalue weighted by molar-refractivity contribution is 7.13. The van der Waals surface area contributed by atoms with Gasteiger partial charge in [0.2, 0.25) is 0 Å². The van der Waals surface area contributed by atoms with Crippen molar-refractivity contribution >= 4 is 11.3 Å². The lowest BCUT2D eigenvalue weighted by atomic mass is 9.72. The van der Waals surface area contributed by atoms with Crippen molar-refractivity contribution in [3.8, 4) is 10.6 Å². The van der Waals surface area contributed by atoms with Crippen molar-refractivity contribution < 1.29 is 0 Å². The molecular weight excluding hydrogens is 304 g/mol. The zero-order chi connectivity index (χ0) is 15.8. The topological polar surface area (TPSA) is 34.0 Å². The lowest BCUT2D eigenvalue weighted by molar-refractivity contribution is 0.0198. The number of thiazole rings is 1. The number of aromatic nitrogens is 3. The summed E-state index contributed by atoms with van der Waals surface area (Å²) >= 11 is 1.74. The van der Waals surface area contributed by atoms with Crippen molar-refractivity contribution in [2.75, 3.05) is 6.54 Å². The number of fused-ring (bicyclic) bond motifs is 1. The molecule has 2 aliphatic rings. The van der Waals surface area contributed by atoms with Gasteiger partial charge in [0.05, 0.1) is 11.9 Å². The first-order chi connectivity index (χ1) is 11.2. The Hall–Kier alpha value is -1.20. The van der Waals surface area contributed by atoms with Crippen LogP contribution in [0.3, 0.4) is 0 Å². The first kappa shape index (κ1) is 15.3. The number of rotatable bonds is 3. The van der Waals surface area contributed by atoms with Crippen LogP contribution < -0.4 is 0 Å². The largest absolute Gasteiger partial charge is 0.294 e. The molecule has 0 bridgehead atoms. The van der Waals surface area contributed by atoms with E-state index in [-0.39, 0.29) is 0 Å². The molecule has 3 atom stereocenters. The van der Waals surface area contributed by atoms with Crippen molar-refractivity contribution in [2.45, 2.75) is 51.6 Å². The van der Waals surface area contributed by atoms with Gasteiger partial charge in [-0.2, -0.15) is 5.10 Å². The minimum Gasteiger partial charge on any atom is -0.294 e. The second kappa shape index (κ2) is 6.36. The molecule has 5 heteroatoms. The summed E-state index contributed by atoms with van der Waals surface area (Å²) in [5.41, 5.74) is 2.36. The molecule has 0 N–H and O–H groups in total. The summed E-state index contributed by atoms with van der Waals surface area (Å²) in [6, 6.07) is 0.788. The third-order valence-corrected chi connectivity index (χ3v) is 6.66. The fourth-order valence-electron chi connectivity index (χ4n) is 4.45. The van der Waals surface area contributed by atoms with Crippen molar-refractivity contribution in [1.29, 1.82) is 0 Å². The standard InChI is InChI=1S/C18H26N4S/c1-13-7-8-22(17-6-4-3-5-16(13)17)11-15-12-23-18(20-15)14-9-19-21(2)10-14/h9-10,12-13,16-17H,3-8,11H2,1-2H3/t13-,16-,17+/m1/s1. The molecule has 0 radical (unpaired) electrons. The lowest BCUT2D eigenvalue weighted by Gasteiger charge is -2.47. The maximum absolute atomic E-state index is 4.87. The molecule has 3 heterocycles. The van der Waals surface area contributed by atoms with E-state index in [2.05, 4.69) is 22.3 Å². The normalized spacial score (nSPS) is 28.7. The van der Waals surface area contributed by atoms with Gasteiger partial charge < -0.3 is 0 Å². The zero-order valence-electron chi connectivity index (χ0n) is 14.1. The third kappa shape index (κ3) is 3.09. The summed E-state index contributed by atoms with van der Waals surface area (Å²) < 4.78 is 1.84. The van der Waals surface area contributed by atoms with Gasteiger partial charge in [0.15, 0.2) is 0 Å². The van der Waals surface area contributed by atoms with Crippen LogP contribution in [0.25, 0.3) is 10.6 Å². The molecule has 2 aromatic rings. The van der Waals surface area contributed by atoms with Crippen LogP contribution in [-0.4, -0.2) is 32.3 Å². The minimum atomic E-state index is 0.788. The number of nitrogens with zero attached hydrogens (tertiary/aromatic N) is 4.